The van der Waals surface area contributed by atoms with Crippen LogP contribution in [0.5, 0.6) is 0 Å². The Morgan fingerprint density at radius 3 is 2.38 bits per heavy atom. The highest BCUT2D eigenvalue weighted by atomic mass is 16.5. The van der Waals surface area contributed by atoms with Gasteiger partial charge in [-0.25, -0.2) is 0 Å². The summed E-state index contributed by atoms with van der Waals surface area (Å²) in [6.07, 6.45) is 10.2. The summed E-state index contributed by atoms with van der Waals surface area (Å²) in [5, 5.41) is 10.3. The van der Waals surface area contributed by atoms with Crippen molar-refractivity contribution in [2.45, 2.75) is 70.5 Å². The zero-order valence-corrected chi connectivity index (χ0v) is 10.5. The van der Waals surface area contributed by atoms with Crippen molar-refractivity contribution in [1.29, 1.82) is 0 Å². The summed E-state index contributed by atoms with van der Waals surface area (Å²) in [5.74, 6) is 1.41. The lowest BCUT2D eigenvalue weighted by atomic mass is 9.84. The lowest BCUT2D eigenvalue weighted by molar-refractivity contribution is -0.0550. The van der Waals surface area contributed by atoms with Crippen molar-refractivity contribution in [2.75, 3.05) is 6.61 Å². The molecule has 0 amide bonds. The molecule has 2 unspecified atom stereocenters. The van der Waals surface area contributed by atoms with Crippen LogP contribution in [-0.4, -0.2) is 23.9 Å². The molecule has 2 rings (SSSR count). The normalized spacial score (nSPS) is 26.6. The zero-order chi connectivity index (χ0) is 11.4. The quantitative estimate of drug-likeness (QED) is 0.754. The highest BCUT2D eigenvalue weighted by Gasteiger charge is 2.37. The number of hydrogen-bond acceptors (Lipinski definition) is 2. The van der Waals surface area contributed by atoms with Crippen molar-refractivity contribution < 1.29 is 9.84 Å². The number of ether oxygens (including phenoxy) is 1. The third-order valence-electron chi connectivity index (χ3n) is 4.12. The predicted molar refractivity (Wildman–Crippen MR) is 65.3 cm³/mol. The Kier molecular flexibility index (Phi) is 4.66. The fourth-order valence-corrected chi connectivity index (χ4v) is 3.08. The molecule has 0 radical (unpaired) electrons. The summed E-state index contributed by atoms with van der Waals surface area (Å²) in [5.41, 5.74) is 0. The van der Waals surface area contributed by atoms with Crippen LogP contribution >= 0.6 is 0 Å². The van der Waals surface area contributed by atoms with Crippen LogP contribution in [0.1, 0.15) is 58.3 Å². The monoisotopic (exact) mass is 226 g/mol. The van der Waals surface area contributed by atoms with E-state index in [1.165, 1.54) is 44.9 Å². The van der Waals surface area contributed by atoms with Gasteiger partial charge in [0, 0.05) is 6.61 Å². The second-order valence-corrected chi connectivity index (χ2v) is 5.56. The van der Waals surface area contributed by atoms with Gasteiger partial charge in [-0.05, 0) is 38.0 Å². The first-order valence-corrected chi connectivity index (χ1v) is 7.11. The Labute approximate surface area is 99.4 Å². The molecule has 2 nitrogen and oxygen atoms in total. The first-order chi connectivity index (χ1) is 7.81. The second kappa shape index (κ2) is 6.02. The van der Waals surface area contributed by atoms with Gasteiger partial charge in [0.25, 0.3) is 0 Å². The Balaban J connectivity index is 1.77. The van der Waals surface area contributed by atoms with Gasteiger partial charge >= 0.3 is 0 Å². The molecule has 2 fully saturated rings. The van der Waals surface area contributed by atoms with E-state index in [0.29, 0.717) is 5.92 Å². The number of aliphatic hydroxyl groups is 1. The fourth-order valence-electron chi connectivity index (χ4n) is 3.08. The van der Waals surface area contributed by atoms with Gasteiger partial charge in [-0.1, -0.05) is 32.1 Å². The maximum Gasteiger partial charge on any atom is 0.0861 e. The summed E-state index contributed by atoms with van der Waals surface area (Å²) in [6.45, 7) is 2.77. The lowest BCUT2D eigenvalue weighted by Gasteiger charge is -2.28. The average molecular weight is 226 g/mol. The Bertz CT molecular complexity index is 195. The van der Waals surface area contributed by atoms with E-state index in [4.69, 9.17) is 4.74 Å². The standard InChI is InChI=1S/C14H26O2/c1-2-16-14(12-8-9-12)13(15)10-11-6-4-3-5-7-11/h11-15H,2-10H2,1H3. The third kappa shape index (κ3) is 3.46. The molecule has 0 bridgehead atoms. The first kappa shape index (κ1) is 12.4. The second-order valence-electron chi connectivity index (χ2n) is 5.56. The molecule has 2 heteroatoms. The fraction of sp³-hybridized carbons (Fsp3) is 1.00. The first-order valence-electron chi connectivity index (χ1n) is 7.11. The number of aliphatic hydroxyl groups excluding tert-OH is 1. The van der Waals surface area contributed by atoms with Gasteiger partial charge in [-0.15, -0.1) is 0 Å². The maximum atomic E-state index is 10.3. The van der Waals surface area contributed by atoms with E-state index in [-0.39, 0.29) is 12.2 Å². The van der Waals surface area contributed by atoms with Crippen LogP contribution in [0.4, 0.5) is 0 Å². The summed E-state index contributed by atoms with van der Waals surface area (Å²) in [7, 11) is 0. The van der Waals surface area contributed by atoms with E-state index in [0.717, 1.165) is 18.9 Å². The summed E-state index contributed by atoms with van der Waals surface area (Å²) < 4.78 is 5.72. The molecule has 0 aromatic heterocycles. The molecule has 0 aromatic rings. The minimum absolute atomic E-state index is 0.131. The lowest BCUT2D eigenvalue weighted by Crippen LogP contribution is -2.33. The zero-order valence-electron chi connectivity index (χ0n) is 10.5. The van der Waals surface area contributed by atoms with Gasteiger partial charge in [-0.3, -0.25) is 0 Å². The Morgan fingerprint density at radius 1 is 1.12 bits per heavy atom. The van der Waals surface area contributed by atoms with Crippen LogP contribution < -0.4 is 0 Å². The third-order valence-corrected chi connectivity index (χ3v) is 4.12. The summed E-state index contributed by atoms with van der Waals surface area (Å²) in [4.78, 5) is 0. The van der Waals surface area contributed by atoms with Crippen LogP contribution in [-0.2, 0) is 4.74 Å². The minimum atomic E-state index is -0.212. The van der Waals surface area contributed by atoms with E-state index in [2.05, 4.69) is 0 Å². The van der Waals surface area contributed by atoms with Crippen molar-refractivity contribution in [3.8, 4) is 0 Å². The molecular formula is C14H26O2. The summed E-state index contributed by atoms with van der Waals surface area (Å²) >= 11 is 0. The van der Waals surface area contributed by atoms with Gasteiger partial charge < -0.3 is 9.84 Å². The minimum Gasteiger partial charge on any atom is -0.390 e. The van der Waals surface area contributed by atoms with Crippen molar-refractivity contribution in [3.05, 3.63) is 0 Å². The van der Waals surface area contributed by atoms with Gasteiger partial charge in [0.05, 0.1) is 12.2 Å². The van der Waals surface area contributed by atoms with E-state index in [9.17, 15) is 5.11 Å². The van der Waals surface area contributed by atoms with Crippen molar-refractivity contribution in [2.24, 2.45) is 11.8 Å². The Hall–Kier alpha value is -0.0800. The van der Waals surface area contributed by atoms with E-state index < -0.39 is 0 Å². The molecule has 0 spiro atoms. The van der Waals surface area contributed by atoms with E-state index >= 15 is 0 Å². The van der Waals surface area contributed by atoms with Gasteiger partial charge in [0.2, 0.25) is 0 Å². The topological polar surface area (TPSA) is 29.5 Å². The molecular weight excluding hydrogens is 200 g/mol. The van der Waals surface area contributed by atoms with Crippen LogP contribution in [0.15, 0.2) is 0 Å². The van der Waals surface area contributed by atoms with Crippen molar-refractivity contribution >= 4 is 0 Å². The molecule has 2 aliphatic rings. The Morgan fingerprint density at radius 2 is 1.81 bits per heavy atom. The molecule has 16 heavy (non-hydrogen) atoms. The van der Waals surface area contributed by atoms with Crippen molar-refractivity contribution in [3.63, 3.8) is 0 Å². The van der Waals surface area contributed by atoms with Crippen LogP contribution in [0.3, 0.4) is 0 Å². The van der Waals surface area contributed by atoms with Gasteiger partial charge in [0.1, 0.15) is 0 Å². The average Bonchev–Trinajstić information content (AvgIpc) is 3.11. The largest absolute Gasteiger partial charge is 0.390 e. The molecule has 0 aromatic carbocycles. The highest BCUT2D eigenvalue weighted by Crippen LogP contribution is 2.38. The number of rotatable bonds is 6. The van der Waals surface area contributed by atoms with Crippen molar-refractivity contribution in [1.82, 2.24) is 0 Å². The molecule has 0 heterocycles. The van der Waals surface area contributed by atoms with Crippen LogP contribution in [0.2, 0.25) is 0 Å². The number of hydrogen-bond donors (Lipinski definition) is 1. The highest BCUT2D eigenvalue weighted by molar-refractivity contribution is 4.88. The predicted octanol–water partition coefficient (Wildman–Crippen LogP) is 3.13. The maximum absolute atomic E-state index is 10.3. The van der Waals surface area contributed by atoms with E-state index in [1.54, 1.807) is 0 Å². The van der Waals surface area contributed by atoms with E-state index in [1.807, 2.05) is 6.92 Å². The van der Waals surface area contributed by atoms with Gasteiger partial charge in [-0.2, -0.15) is 0 Å². The molecule has 2 aliphatic carbocycles. The molecule has 1 N–H and O–H groups in total. The van der Waals surface area contributed by atoms with Crippen LogP contribution in [0.25, 0.3) is 0 Å². The molecule has 0 aliphatic heterocycles. The molecule has 94 valence electrons. The summed E-state index contributed by atoms with van der Waals surface area (Å²) in [6, 6.07) is 0. The molecule has 2 atom stereocenters. The smallest absolute Gasteiger partial charge is 0.0861 e. The van der Waals surface area contributed by atoms with Gasteiger partial charge in [0.15, 0.2) is 0 Å². The molecule has 2 saturated carbocycles. The van der Waals surface area contributed by atoms with Crippen LogP contribution in [0, 0.1) is 11.8 Å². The SMILES string of the molecule is CCOC(C(O)CC1CCCCC1)C1CC1. The molecule has 0 saturated heterocycles.